The van der Waals surface area contributed by atoms with E-state index in [9.17, 15) is 19.7 Å². The number of carbonyl (C=O) groups excluding carboxylic acids is 2. The third kappa shape index (κ3) is 3.15. The molecule has 1 fully saturated rings. The average molecular weight is 338 g/mol. The topological polar surface area (TPSA) is 80.5 Å². The third-order valence-electron chi connectivity index (χ3n) is 4.65. The number of hydrogen-bond acceptors (Lipinski definition) is 4. The molecule has 1 aliphatic heterocycles. The predicted molar refractivity (Wildman–Crippen MR) is 93.1 cm³/mol. The Labute approximate surface area is 145 Å². The molecule has 0 aromatic heterocycles. The Morgan fingerprint density at radius 1 is 1.00 bits per heavy atom. The summed E-state index contributed by atoms with van der Waals surface area (Å²) < 4.78 is 0. The van der Waals surface area contributed by atoms with E-state index in [1.165, 1.54) is 24.3 Å². The number of benzene rings is 2. The summed E-state index contributed by atoms with van der Waals surface area (Å²) in [7, 11) is 0. The Morgan fingerprint density at radius 3 is 2.16 bits per heavy atom. The molecular weight excluding hydrogens is 320 g/mol. The van der Waals surface area contributed by atoms with E-state index in [1.807, 2.05) is 31.2 Å². The van der Waals surface area contributed by atoms with Crippen LogP contribution in [-0.4, -0.2) is 16.7 Å². The van der Waals surface area contributed by atoms with Crippen molar-refractivity contribution in [2.75, 3.05) is 4.90 Å². The maximum Gasteiger partial charge on any atom is 0.269 e. The van der Waals surface area contributed by atoms with E-state index in [4.69, 9.17) is 0 Å². The lowest BCUT2D eigenvalue weighted by atomic mass is 9.90. The molecule has 0 spiro atoms. The van der Waals surface area contributed by atoms with Crippen molar-refractivity contribution >= 4 is 23.2 Å². The van der Waals surface area contributed by atoms with Gasteiger partial charge in [0.15, 0.2) is 0 Å². The molecule has 128 valence electrons. The number of aryl methyl sites for hydroxylation is 1. The standard InChI is InChI=1S/C19H18N2O4/c1-12-3-5-14(6-4-12)11-17-13(2)18(22)20(19(17)23)15-7-9-16(10-8-15)21(24)25/h3-10,13,17H,11H2,1-2H3/t13-,17-/m1/s1. The first-order chi connectivity index (χ1) is 11.9. The number of imide groups is 1. The van der Waals surface area contributed by atoms with Crippen molar-refractivity contribution in [3.63, 3.8) is 0 Å². The van der Waals surface area contributed by atoms with Crippen molar-refractivity contribution in [2.45, 2.75) is 20.3 Å². The first-order valence-electron chi connectivity index (χ1n) is 8.06. The molecule has 1 saturated heterocycles. The molecule has 0 aliphatic carbocycles. The molecule has 2 amide bonds. The summed E-state index contributed by atoms with van der Waals surface area (Å²) in [6.07, 6.45) is 0.496. The second-order valence-electron chi connectivity index (χ2n) is 6.37. The quantitative estimate of drug-likeness (QED) is 0.487. The zero-order chi connectivity index (χ0) is 18.1. The maximum atomic E-state index is 12.8. The summed E-state index contributed by atoms with van der Waals surface area (Å²) in [4.78, 5) is 36.7. The highest BCUT2D eigenvalue weighted by Gasteiger charge is 2.45. The highest BCUT2D eigenvalue weighted by Crippen LogP contribution is 2.33. The van der Waals surface area contributed by atoms with Gasteiger partial charge in [-0.2, -0.15) is 0 Å². The van der Waals surface area contributed by atoms with Crippen LogP contribution in [0.3, 0.4) is 0 Å². The van der Waals surface area contributed by atoms with E-state index in [2.05, 4.69) is 0 Å². The molecule has 0 unspecified atom stereocenters. The van der Waals surface area contributed by atoms with Gasteiger partial charge in [0.05, 0.1) is 16.5 Å². The third-order valence-corrected chi connectivity index (χ3v) is 4.65. The number of hydrogen-bond donors (Lipinski definition) is 0. The number of carbonyl (C=O) groups is 2. The molecule has 2 atom stereocenters. The molecule has 1 aliphatic rings. The van der Waals surface area contributed by atoms with Gasteiger partial charge in [-0.1, -0.05) is 36.8 Å². The van der Waals surface area contributed by atoms with Gasteiger partial charge in [0, 0.05) is 18.1 Å². The zero-order valence-electron chi connectivity index (χ0n) is 14.0. The number of amides is 2. The first kappa shape index (κ1) is 16.8. The molecule has 3 rings (SSSR count). The molecule has 0 bridgehead atoms. The Bertz CT molecular complexity index is 828. The van der Waals surface area contributed by atoms with Crippen LogP contribution in [0.25, 0.3) is 0 Å². The monoisotopic (exact) mass is 338 g/mol. The molecule has 6 nitrogen and oxygen atoms in total. The highest BCUT2D eigenvalue weighted by molar-refractivity contribution is 6.22. The Hall–Kier alpha value is -3.02. The second kappa shape index (κ2) is 6.47. The maximum absolute atomic E-state index is 12.8. The summed E-state index contributed by atoms with van der Waals surface area (Å²) in [5.41, 5.74) is 2.44. The van der Waals surface area contributed by atoms with Gasteiger partial charge in [0.2, 0.25) is 11.8 Å². The molecule has 0 saturated carbocycles. The van der Waals surface area contributed by atoms with E-state index < -0.39 is 16.8 Å². The number of nitrogens with zero attached hydrogens (tertiary/aromatic N) is 2. The Balaban J connectivity index is 1.84. The van der Waals surface area contributed by atoms with Gasteiger partial charge in [-0.15, -0.1) is 0 Å². The number of nitro benzene ring substituents is 1. The van der Waals surface area contributed by atoms with Gasteiger partial charge in [0.25, 0.3) is 5.69 Å². The van der Waals surface area contributed by atoms with Crippen LogP contribution in [0.4, 0.5) is 11.4 Å². The van der Waals surface area contributed by atoms with Crippen LogP contribution in [0, 0.1) is 28.9 Å². The summed E-state index contributed by atoms with van der Waals surface area (Å²) >= 11 is 0. The van der Waals surface area contributed by atoms with E-state index in [1.54, 1.807) is 6.92 Å². The van der Waals surface area contributed by atoms with Crippen LogP contribution in [0.1, 0.15) is 18.1 Å². The molecule has 0 radical (unpaired) electrons. The summed E-state index contributed by atoms with van der Waals surface area (Å²) in [5, 5.41) is 10.8. The molecule has 2 aromatic carbocycles. The fraction of sp³-hybridized carbons (Fsp3) is 0.263. The lowest BCUT2D eigenvalue weighted by molar-refractivity contribution is -0.384. The van der Waals surface area contributed by atoms with Crippen LogP contribution < -0.4 is 4.90 Å². The summed E-state index contributed by atoms with van der Waals surface area (Å²) in [6, 6.07) is 13.4. The van der Waals surface area contributed by atoms with Crippen molar-refractivity contribution in [1.82, 2.24) is 0 Å². The molecule has 2 aromatic rings. The van der Waals surface area contributed by atoms with E-state index in [0.29, 0.717) is 12.1 Å². The van der Waals surface area contributed by atoms with E-state index in [0.717, 1.165) is 16.0 Å². The molecule has 6 heteroatoms. The van der Waals surface area contributed by atoms with Crippen LogP contribution in [-0.2, 0) is 16.0 Å². The second-order valence-corrected chi connectivity index (χ2v) is 6.37. The minimum absolute atomic E-state index is 0.0768. The summed E-state index contributed by atoms with van der Waals surface area (Å²) in [6.45, 7) is 3.75. The lowest BCUT2D eigenvalue weighted by Crippen LogP contribution is -2.31. The SMILES string of the molecule is Cc1ccc(C[C@H]2C(=O)N(c3ccc([N+](=O)[O-])cc3)C(=O)[C@@H]2C)cc1. The Morgan fingerprint density at radius 2 is 1.60 bits per heavy atom. The lowest BCUT2D eigenvalue weighted by Gasteiger charge is -2.15. The van der Waals surface area contributed by atoms with Gasteiger partial charge in [-0.25, -0.2) is 0 Å². The Kier molecular flexibility index (Phi) is 4.35. The van der Waals surface area contributed by atoms with E-state index in [-0.39, 0.29) is 17.5 Å². The van der Waals surface area contributed by atoms with Gasteiger partial charge in [-0.05, 0) is 31.0 Å². The van der Waals surface area contributed by atoms with Gasteiger partial charge >= 0.3 is 0 Å². The molecule has 0 N–H and O–H groups in total. The van der Waals surface area contributed by atoms with Crippen LogP contribution >= 0.6 is 0 Å². The van der Waals surface area contributed by atoms with E-state index >= 15 is 0 Å². The molecular formula is C19H18N2O4. The highest BCUT2D eigenvalue weighted by atomic mass is 16.6. The predicted octanol–water partition coefficient (Wildman–Crippen LogP) is 3.27. The van der Waals surface area contributed by atoms with Gasteiger partial charge < -0.3 is 0 Å². The smallest absolute Gasteiger partial charge is 0.269 e. The van der Waals surface area contributed by atoms with Gasteiger partial charge in [-0.3, -0.25) is 24.6 Å². The fourth-order valence-electron chi connectivity index (χ4n) is 3.08. The van der Waals surface area contributed by atoms with Crippen molar-refractivity contribution in [3.05, 3.63) is 69.8 Å². The minimum atomic E-state index is -0.514. The van der Waals surface area contributed by atoms with Crippen molar-refractivity contribution < 1.29 is 14.5 Å². The van der Waals surface area contributed by atoms with Crippen LogP contribution in [0.2, 0.25) is 0 Å². The molecule has 25 heavy (non-hydrogen) atoms. The summed E-state index contributed by atoms with van der Waals surface area (Å²) in [5.74, 6) is -1.38. The normalized spacial score (nSPS) is 20.2. The fourth-order valence-corrected chi connectivity index (χ4v) is 3.08. The first-order valence-corrected chi connectivity index (χ1v) is 8.06. The average Bonchev–Trinajstić information content (AvgIpc) is 2.80. The molecule has 1 heterocycles. The number of non-ortho nitro benzene ring substituents is 1. The minimum Gasteiger partial charge on any atom is -0.274 e. The number of nitro groups is 1. The van der Waals surface area contributed by atoms with Crippen molar-refractivity contribution in [2.24, 2.45) is 11.8 Å². The number of anilines is 1. The number of rotatable bonds is 4. The van der Waals surface area contributed by atoms with Crippen molar-refractivity contribution in [3.8, 4) is 0 Å². The zero-order valence-corrected chi connectivity index (χ0v) is 14.0. The van der Waals surface area contributed by atoms with Gasteiger partial charge in [0.1, 0.15) is 0 Å². The van der Waals surface area contributed by atoms with Crippen LogP contribution in [0.15, 0.2) is 48.5 Å². The van der Waals surface area contributed by atoms with Crippen molar-refractivity contribution in [1.29, 1.82) is 0 Å². The van der Waals surface area contributed by atoms with Crippen LogP contribution in [0.5, 0.6) is 0 Å². The largest absolute Gasteiger partial charge is 0.274 e.